The van der Waals surface area contributed by atoms with Gasteiger partial charge < -0.3 is 15.7 Å². The quantitative estimate of drug-likeness (QED) is 0.755. The van der Waals surface area contributed by atoms with Gasteiger partial charge in [0.15, 0.2) is 11.0 Å². The lowest BCUT2D eigenvalue weighted by Gasteiger charge is -2.27. The van der Waals surface area contributed by atoms with Crippen molar-refractivity contribution in [1.29, 1.82) is 0 Å². The normalized spacial score (nSPS) is 25.1. The van der Waals surface area contributed by atoms with Crippen LogP contribution in [0, 0.1) is 5.92 Å². The third-order valence-corrected chi connectivity index (χ3v) is 3.46. The van der Waals surface area contributed by atoms with E-state index in [1.807, 2.05) is 4.90 Å². The molecule has 0 bridgehead atoms. The molecule has 3 N–H and O–H groups in total. The van der Waals surface area contributed by atoms with Gasteiger partial charge >= 0.3 is 0 Å². The summed E-state index contributed by atoms with van der Waals surface area (Å²) >= 11 is 5.85. The highest BCUT2D eigenvalue weighted by Gasteiger charge is 2.32. The summed E-state index contributed by atoms with van der Waals surface area (Å²) < 4.78 is 0. The molecule has 1 saturated heterocycles. The van der Waals surface area contributed by atoms with Gasteiger partial charge in [-0.1, -0.05) is 18.5 Å². The molecule has 0 spiro atoms. The predicted octanol–water partition coefficient (Wildman–Crippen LogP) is 0.919. The first-order valence-corrected chi connectivity index (χ1v) is 5.66. The van der Waals surface area contributed by atoms with Gasteiger partial charge in [-0.2, -0.15) is 0 Å². The number of halogens is 1. The van der Waals surface area contributed by atoms with E-state index in [2.05, 4.69) is 16.9 Å². The summed E-state index contributed by atoms with van der Waals surface area (Å²) in [6, 6.07) is 0.0632. The van der Waals surface area contributed by atoms with Crippen LogP contribution in [0.2, 0.25) is 5.15 Å². The Labute approximate surface area is 99.3 Å². The molecular formula is C10H15ClN4O. The maximum absolute atomic E-state index is 9.37. The number of aliphatic hydroxyl groups excluding tert-OH is 1. The zero-order chi connectivity index (χ0) is 11.7. The Bertz CT molecular complexity index is 387. The van der Waals surface area contributed by atoms with Crippen molar-refractivity contribution in [3.05, 3.63) is 11.5 Å². The van der Waals surface area contributed by atoms with Gasteiger partial charge in [-0.3, -0.25) is 0 Å². The van der Waals surface area contributed by atoms with Gasteiger partial charge in [-0.25, -0.2) is 9.97 Å². The summed E-state index contributed by atoms with van der Waals surface area (Å²) in [5, 5.41) is 9.63. The Morgan fingerprint density at radius 1 is 1.62 bits per heavy atom. The van der Waals surface area contributed by atoms with E-state index < -0.39 is 0 Å². The Morgan fingerprint density at radius 2 is 2.38 bits per heavy atom. The van der Waals surface area contributed by atoms with Gasteiger partial charge in [-0.15, -0.1) is 0 Å². The van der Waals surface area contributed by atoms with E-state index in [4.69, 9.17) is 17.3 Å². The Hall–Kier alpha value is -1.07. The largest absolute Gasteiger partial charge is 0.394 e. The van der Waals surface area contributed by atoms with Crippen LogP contribution in [0.1, 0.15) is 13.3 Å². The van der Waals surface area contributed by atoms with Crippen molar-refractivity contribution >= 4 is 23.1 Å². The number of nitrogen functional groups attached to an aromatic ring is 1. The molecule has 1 fully saturated rings. The summed E-state index contributed by atoms with van der Waals surface area (Å²) in [6.07, 6.45) is 2.41. The maximum Gasteiger partial charge on any atom is 0.157 e. The van der Waals surface area contributed by atoms with Crippen molar-refractivity contribution in [2.75, 3.05) is 23.8 Å². The van der Waals surface area contributed by atoms with Gasteiger partial charge in [0.05, 0.1) is 12.6 Å². The van der Waals surface area contributed by atoms with Crippen LogP contribution in [0.3, 0.4) is 0 Å². The third kappa shape index (κ3) is 1.81. The Kier molecular flexibility index (Phi) is 3.16. The average molecular weight is 243 g/mol. The Morgan fingerprint density at radius 3 is 3.06 bits per heavy atom. The smallest absolute Gasteiger partial charge is 0.157 e. The Balaban J connectivity index is 2.34. The predicted molar refractivity (Wildman–Crippen MR) is 63.5 cm³/mol. The molecule has 6 heteroatoms. The fourth-order valence-corrected chi connectivity index (χ4v) is 2.27. The van der Waals surface area contributed by atoms with Crippen molar-refractivity contribution in [3.8, 4) is 0 Å². The highest BCUT2D eigenvalue weighted by atomic mass is 35.5. The number of nitrogens with zero attached hydrogens (tertiary/aromatic N) is 3. The van der Waals surface area contributed by atoms with E-state index in [0.29, 0.717) is 17.4 Å². The molecular weight excluding hydrogens is 228 g/mol. The molecule has 1 aliphatic heterocycles. The number of hydrogen-bond donors (Lipinski definition) is 2. The average Bonchev–Trinajstić information content (AvgIpc) is 2.63. The van der Waals surface area contributed by atoms with Crippen LogP contribution in [0.25, 0.3) is 0 Å². The molecule has 1 aliphatic rings. The lowest BCUT2D eigenvalue weighted by molar-refractivity contribution is 0.244. The molecule has 16 heavy (non-hydrogen) atoms. The van der Waals surface area contributed by atoms with Crippen LogP contribution in [0.4, 0.5) is 11.5 Å². The molecule has 1 aromatic heterocycles. The fraction of sp³-hybridized carbons (Fsp3) is 0.600. The van der Waals surface area contributed by atoms with Crippen LogP contribution in [0.5, 0.6) is 0 Å². The highest BCUT2D eigenvalue weighted by Crippen LogP contribution is 2.33. The van der Waals surface area contributed by atoms with Gasteiger partial charge in [-0.05, 0) is 12.3 Å². The van der Waals surface area contributed by atoms with Crippen molar-refractivity contribution in [2.45, 2.75) is 19.4 Å². The molecule has 0 saturated carbocycles. The number of nitrogens with two attached hydrogens (primary N) is 1. The number of aliphatic hydroxyl groups is 1. The summed E-state index contributed by atoms with van der Waals surface area (Å²) in [5.41, 5.74) is 6.23. The van der Waals surface area contributed by atoms with Crippen LogP contribution in [-0.4, -0.2) is 34.3 Å². The lowest BCUT2D eigenvalue weighted by Crippen LogP contribution is -2.36. The van der Waals surface area contributed by atoms with Crippen molar-refractivity contribution < 1.29 is 5.11 Å². The monoisotopic (exact) mass is 242 g/mol. The molecule has 0 amide bonds. The summed E-state index contributed by atoms with van der Waals surface area (Å²) in [4.78, 5) is 9.98. The number of aromatic nitrogens is 2. The van der Waals surface area contributed by atoms with Crippen LogP contribution in [-0.2, 0) is 0 Å². The second-order valence-electron chi connectivity index (χ2n) is 4.11. The van der Waals surface area contributed by atoms with Crippen molar-refractivity contribution in [1.82, 2.24) is 9.97 Å². The molecule has 2 unspecified atom stereocenters. The van der Waals surface area contributed by atoms with E-state index in [9.17, 15) is 5.11 Å². The fourth-order valence-electron chi connectivity index (χ4n) is 2.14. The van der Waals surface area contributed by atoms with Crippen LogP contribution >= 0.6 is 11.6 Å². The molecule has 2 rings (SSSR count). The molecule has 0 aromatic carbocycles. The van der Waals surface area contributed by atoms with Crippen molar-refractivity contribution in [2.24, 2.45) is 5.92 Å². The van der Waals surface area contributed by atoms with Gasteiger partial charge in [0, 0.05) is 6.54 Å². The molecule has 0 aliphatic carbocycles. The molecule has 0 radical (unpaired) electrons. The molecule has 88 valence electrons. The van der Waals surface area contributed by atoms with E-state index in [0.717, 1.165) is 13.0 Å². The highest BCUT2D eigenvalue weighted by molar-refractivity contribution is 6.32. The zero-order valence-electron chi connectivity index (χ0n) is 9.10. The number of hydrogen-bond acceptors (Lipinski definition) is 5. The molecule has 2 heterocycles. The maximum atomic E-state index is 9.37. The summed E-state index contributed by atoms with van der Waals surface area (Å²) in [6.45, 7) is 3.05. The molecule has 5 nitrogen and oxygen atoms in total. The van der Waals surface area contributed by atoms with Gasteiger partial charge in [0.25, 0.3) is 0 Å². The topological polar surface area (TPSA) is 75.3 Å². The lowest BCUT2D eigenvalue weighted by atomic mass is 10.0. The molecule has 1 aromatic rings. The zero-order valence-corrected chi connectivity index (χ0v) is 9.85. The number of rotatable bonds is 2. The van der Waals surface area contributed by atoms with Crippen LogP contribution < -0.4 is 10.6 Å². The van der Waals surface area contributed by atoms with Crippen molar-refractivity contribution in [3.63, 3.8) is 0 Å². The second-order valence-corrected chi connectivity index (χ2v) is 4.47. The first-order chi connectivity index (χ1) is 7.65. The van der Waals surface area contributed by atoms with Gasteiger partial charge in [0.2, 0.25) is 0 Å². The number of anilines is 2. The minimum absolute atomic E-state index is 0.0632. The minimum atomic E-state index is 0.0632. The summed E-state index contributed by atoms with van der Waals surface area (Å²) in [7, 11) is 0. The standard InChI is InChI=1S/C10H15ClN4O/c1-6-2-3-15(7(6)4-16)10-8(12)9(11)13-5-14-10/h5-7,16H,2-4,12H2,1H3. The van der Waals surface area contributed by atoms with Gasteiger partial charge in [0.1, 0.15) is 12.0 Å². The molecule has 2 atom stereocenters. The first kappa shape index (κ1) is 11.4. The second kappa shape index (κ2) is 4.43. The van der Waals surface area contributed by atoms with Crippen LogP contribution in [0.15, 0.2) is 6.33 Å². The third-order valence-electron chi connectivity index (χ3n) is 3.16. The van der Waals surface area contributed by atoms with E-state index in [-0.39, 0.29) is 17.8 Å². The van der Waals surface area contributed by atoms with E-state index in [1.165, 1.54) is 6.33 Å². The first-order valence-electron chi connectivity index (χ1n) is 5.28. The minimum Gasteiger partial charge on any atom is -0.394 e. The SMILES string of the molecule is CC1CCN(c2ncnc(Cl)c2N)C1CO. The van der Waals surface area contributed by atoms with E-state index in [1.54, 1.807) is 0 Å². The summed E-state index contributed by atoms with van der Waals surface area (Å²) in [5.74, 6) is 1.06. The van der Waals surface area contributed by atoms with E-state index >= 15 is 0 Å².